The van der Waals surface area contributed by atoms with Gasteiger partial charge in [-0.1, -0.05) is 26.8 Å². The lowest BCUT2D eigenvalue weighted by molar-refractivity contribution is -0.00887. The van der Waals surface area contributed by atoms with E-state index in [2.05, 4.69) is 27.4 Å². The van der Waals surface area contributed by atoms with Crippen LogP contribution in [0.5, 0.6) is 0 Å². The van der Waals surface area contributed by atoms with Crippen molar-refractivity contribution < 1.29 is 5.11 Å². The molecular formula is C13H24O. The van der Waals surface area contributed by atoms with Crippen LogP contribution in [0.3, 0.4) is 0 Å². The van der Waals surface area contributed by atoms with Crippen LogP contribution in [0.4, 0.5) is 0 Å². The van der Waals surface area contributed by atoms with Gasteiger partial charge >= 0.3 is 0 Å². The van der Waals surface area contributed by atoms with E-state index in [9.17, 15) is 5.11 Å². The molecule has 0 aromatic heterocycles. The SMILES string of the molecule is C=CCC1(C)CCC(C(C)C)C(O)C1. The molecule has 0 spiro atoms. The Kier molecular flexibility index (Phi) is 3.77. The van der Waals surface area contributed by atoms with E-state index < -0.39 is 0 Å². The summed E-state index contributed by atoms with van der Waals surface area (Å²) in [6, 6.07) is 0. The maximum absolute atomic E-state index is 10.1. The third kappa shape index (κ3) is 2.60. The van der Waals surface area contributed by atoms with E-state index in [1.807, 2.05) is 6.08 Å². The molecular weight excluding hydrogens is 172 g/mol. The highest BCUT2D eigenvalue weighted by molar-refractivity contribution is 4.92. The zero-order chi connectivity index (χ0) is 10.8. The Morgan fingerprint density at radius 3 is 2.64 bits per heavy atom. The fourth-order valence-electron chi connectivity index (χ4n) is 2.78. The number of aliphatic hydroxyl groups excluding tert-OH is 1. The summed E-state index contributed by atoms with van der Waals surface area (Å²) in [6.07, 6.45) is 6.27. The van der Waals surface area contributed by atoms with E-state index in [-0.39, 0.29) is 6.10 Å². The molecule has 0 saturated heterocycles. The molecule has 0 radical (unpaired) electrons. The summed E-state index contributed by atoms with van der Waals surface area (Å²) >= 11 is 0. The summed E-state index contributed by atoms with van der Waals surface area (Å²) in [5.74, 6) is 1.12. The Morgan fingerprint density at radius 1 is 1.57 bits per heavy atom. The van der Waals surface area contributed by atoms with E-state index >= 15 is 0 Å². The molecule has 0 amide bonds. The van der Waals surface area contributed by atoms with Crippen molar-refractivity contribution >= 4 is 0 Å². The molecule has 1 fully saturated rings. The minimum atomic E-state index is -0.103. The van der Waals surface area contributed by atoms with Crippen molar-refractivity contribution in [3.05, 3.63) is 12.7 Å². The second-order valence-electron chi connectivity index (χ2n) is 5.52. The fraction of sp³-hybridized carbons (Fsp3) is 0.846. The Morgan fingerprint density at radius 2 is 2.21 bits per heavy atom. The molecule has 0 bridgehead atoms. The molecule has 1 aliphatic rings. The zero-order valence-corrected chi connectivity index (χ0v) is 9.79. The molecule has 82 valence electrons. The first-order valence-corrected chi connectivity index (χ1v) is 5.77. The number of hydrogen-bond donors (Lipinski definition) is 1. The van der Waals surface area contributed by atoms with Gasteiger partial charge in [-0.2, -0.15) is 0 Å². The molecule has 1 N–H and O–H groups in total. The summed E-state index contributed by atoms with van der Waals surface area (Å²) in [6.45, 7) is 10.5. The van der Waals surface area contributed by atoms with Crippen molar-refractivity contribution in [2.45, 2.75) is 52.6 Å². The smallest absolute Gasteiger partial charge is 0.0576 e. The lowest BCUT2D eigenvalue weighted by atomic mass is 9.66. The van der Waals surface area contributed by atoms with Gasteiger partial charge in [0, 0.05) is 0 Å². The van der Waals surface area contributed by atoms with Gasteiger partial charge < -0.3 is 5.11 Å². The van der Waals surface area contributed by atoms with Crippen molar-refractivity contribution in [3.63, 3.8) is 0 Å². The van der Waals surface area contributed by atoms with Gasteiger partial charge in [-0.3, -0.25) is 0 Å². The molecule has 0 aromatic rings. The monoisotopic (exact) mass is 196 g/mol. The minimum absolute atomic E-state index is 0.103. The van der Waals surface area contributed by atoms with E-state index in [0.717, 1.165) is 12.8 Å². The van der Waals surface area contributed by atoms with Crippen molar-refractivity contribution in [2.24, 2.45) is 17.3 Å². The lowest BCUT2D eigenvalue weighted by Crippen LogP contribution is -2.37. The van der Waals surface area contributed by atoms with Gasteiger partial charge in [0.05, 0.1) is 6.10 Å². The number of allylic oxidation sites excluding steroid dienone is 1. The molecule has 1 rings (SSSR count). The largest absolute Gasteiger partial charge is 0.393 e. The van der Waals surface area contributed by atoms with Crippen LogP contribution >= 0.6 is 0 Å². The van der Waals surface area contributed by atoms with E-state index in [1.165, 1.54) is 12.8 Å². The summed E-state index contributed by atoms with van der Waals surface area (Å²) < 4.78 is 0. The fourth-order valence-corrected chi connectivity index (χ4v) is 2.78. The molecule has 1 nitrogen and oxygen atoms in total. The Bertz CT molecular complexity index is 197. The van der Waals surface area contributed by atoms with Gasteiger partial charge in [0.15, 0.2) is 0 Å². The van der Waals surface area contributed by atoms with Crippen LogP contribution in [-0.4, -0.2) is 11.2 Å². The first kappa shape index (κ1) is 11.8. The van der Waals surface area contributed by atoms with Gasteiger partial charge in [0.2, 0.25) is 0 Å². The van der Waals surface area contributed by atoms with E-state index in [4.69, 9.17) is 0 Å². The number of hydrogen-bond acceptors (Lipinski definition) is 1. The molecule has 0 heterocycles. The summed E-state index contributed by atoms with van der Waals surface area (Å²) in [5.41, 5.74) is 0.298. The van der Waals surface area contributed by atoms with Crippen LogP contribution < -0.4 is 0 Å². The number of rotatable bonds is 3. The quantitative estimate of drug-likeness (QED) is 0.686. The molecule has 1 aliphatic carbocycles. The minimum Gasteiger partial charge on any atom is -0.393 e. The molecule has 0 aromatic carbocycles. The van der Waals surface area contributed by atoms with E-state index in [0.29, 0.717) is 17.3 Å². The summed E-state index contributed by atoms with van der Waals surface area (Å²) in [4.78, 5) is 0. The first-order chi connectivity index (χ1) is 6.48. The lowest BCUT2D eigenvalue weighted by Gasteiger charge is -2.41. The second-order valence-corrected chi connectivity index (χ2v) is 5.52. The zero-order valence-electron chi connectivity index (χ0n) is 9.79. The third-order valence-corrected chi connectivity index (χ3v) is 3.77. The first-order valence-electron chi connectivity index (χ1n) is 5.77. The maximum atomic E-state index is 10.1. The molecule has 3 unspecified atom stereocenters. The van der Waals surface area contributed by atoms with Gasteiger partial charge in [-0.05, 0) is 42.9 Å². The molecule has 1 heteroatoms. The van der Waals surface area contributed by atoms with Crippen molar-refractivity contribution in [3.8, 4) is 0 Å². The van der Waals surface area contributed by atoms with Crippen molar-refractivity contribution in [1.82, 2.24) is 0 Å². The van der Waals surface area contributed by atoms with Gasteiger partial charge in [-0.25, -0.2) is 0 Å². The predicted molar refractivity (Wildman–Crippen MR) is 61.1 cm³/mol. The van der Waals surface area contributed by atoms with Crippen LogP contribution in [-0.2, 0) is 0 Å². The maximum Gasteiger partial charge on any atom is 0.0576 e. The van der Waals surface area contributed by atoms with Gasteiger partial charge in [0.25, 0.3) is 0 Å². The van der Waals surface area contributed by atoms with Crippen molar-refractivity contribution in [1.29, 1.82) is 0 Å². The van der Waals surface area contributed by atoms with Crippen molar-refractivity contribution in [2.75, 3.05) is 0 Å². The highest BCUT2D eigenvalue weighted by Crippen LogP contribution is 2.43. The normalized spacial score (nSPS) is 38.6. The average Bonchev–Trinajstić information content (AvgIpc) is 2.02. The summed E-state index contributed by atoms with van der Waals surface area (Å²) in [7, 11) is 0. The highest BCUT2D eigenvalue weighted by atomic mass is 16.3. The standard InChI is InChI=1S/C13H24O/c1-5-7-13(4)8-6-11(10(2)3)12(14)9-13/h5,10-12,14H,1,6-9H2,2-4H3. The average molecular weight is 196 g/mol. The molecule has 14 heavy (non-hydrogen) atoms. The van der Waals surface area contributed by atoms with E-state index in [1.54, 1.807) is 0 Å². The van der Waals surface area contributed by atoms with Crippen LogP contribution in [0.1, 0.15) is 46.5 Å². The number of aliphatic hydroxyl groups is 1. The van der Waals surface area contributed by atoms with Crippen LogP contribution in [0.2, 0.25) is 0 Å². The topological polar surface area (TPSA) is 20.2 Å². The highest BCUT2D eigenvalue weighted by Gasteiger charge is 2.36. The second kappa shape index (κ2) is 4.48. The third-order valence-electron chi connectivity index (χ3n) is 3.77. The van der Waals surface area contributed by atoms with Gasteiger partial charge in [0.1, 0.15) is 0 Å². The summed E-state index contributed by atoms with van der Waals surface area (Å²) in [5, 5.41) is 10.1. The molecule has 3 atom stereocenters. The van der Waals surface area contributed by atoms with Crippen LogP contribution in [0.25, 0.3) is 0 Å². The van der Waals surface area contributed by atoms with Crippen LogP contribution in [0, 0.1) is 17.3 Å². The molecule has 0 aliphatic heterocycles. The Labute approximate surface area is 88.2 Å². The Hall–Kier alpha value is -0.300. The predicted octanol–water partition coefficient (Wildman–Crippen LogP) is 3.39. The molecule has 1 saturated carbocycles. The van der Waals surface area contributed by atoms with Gasteiger partial charge in [-0.15, -0.1) is 6.58 Å². The Balaban J connectivity index is 2.58. The van der Waals surface area contributed by atoms with Crippen LogP contribution in [0.15, 0.2) is 12.7 Å².